The predicted molar refractivity (Wildman–Crippen MR) is 70.6 cm³/mol. The second-order valence-electron chi connectivity index (χ2n) is 3.69. The first kappa shape index (κ1) is 13.6. The Morgan fingerprint density at radius 3 is 2.89 bits per heavy atom. The van der Waals surface area contributed by atoms with Crippen LogP contribution in [0.5, 0.6) is 0 Å². The van der Waals surface area contributed by atoms with E-state index in [4.69, 9.17) is 9.26 Å². The van der Waals surface area contributed by atoms with E-state index in [0.29, 0.717) is 24.1 Å². The molecule has 0 amide bonds. The quantitative estimate of drug-likeness (QED) is 0.597. The van der Waals surface area contributed by atoms with E-state index in [1.54, 1.807) is 18.7 Å². The summed E-state index contributed by atoms with van der Waals surface area (Å²) in [7, 11) is 0. The Morgan fingerprint density at radius 2 is 2.16 bits per heavy atom. The molecule has 1 aromatic heterocycles. The molecule has 0 spiro atoms. The molecular formula is C13H14N2O3S. The molecule has 0 radical (unpaired) electrons. The number of hydrogen-bond donors (Lipinski definition) is 0. The van der Waals surface area contributed by atoms with Crippen molar-refractivity contribution >= 4 is 17.7 Å². The van der Waals surface area contributed by atoms with Gasteiger partial charge in [-0.15, -0.1) is 11.8 Å². The maximum absolute atomic E-state index is 11.2. The van der Waals surface area contributed by atoms with Crippen LogP contribution < -0.4 is 0 Å². The third kappa shape index (κ3) is 4.40. The smallest absolute Gasteiger partial charge is 0.315 e. The largest absolute Gasteiger partial charge is 0.466 e. The van der Waals surface area contributed by atoms with Gasteiger partial charge in [-0.25, -0.2) is 0 Å². The van der Waals surface area contributed by atoms with Crippen molar-refractivity contribution < 1.29 is 14.1 Å². The summed E-state index contributed by atoms with van der Waals surface area (Å²) < 4.78 is 9.81. The first-order valence-corrected chi connectivity index (χ1v) is 6.91. The highest BCUT2D eigenvalue weighted by Crippen LogP contribution is 2.20. The van der Waals surface area contributed by atoms with Crippen molar-refractivity contribution in [2.45, 2.75) is 24.0 Å². The normalized spacial score (nSPS) is 10.4. The molecule has 0 aliphatic rings. The average Bonchev–Trinajstić information content (AvgIpc) is 2.85. The standard InChI is InChI=1S/C13H14N2O3S/c1-2-17-13(16)8-12-14-11(15-18-12)9-19-10-6-4-3-5-7-10/h3-7H,2,8-9H2,1H3. The van der Waals surface area contributed by atoms with Crippen LogP contribution in [0.3, 0.4) is 0 Å². The van der Waals surface area contributed by atoms with Gasteiger partial charge >= 0.3 is 5.97 Å². The van der Waals surface area contributed by atoms with Crippen LogP contribution in [0, 0.1) is 0 Å². The van der Waals surface area contributed by atoms with E-state index >= 15 is 0 Å². The van der Waals surface area contributed by atoms with Gasteiger partial charge in [-0.05, 0) is 19.1 Å². The molecule has 5 nitrogen and oxygen atoms in total. The monoisotopic (exact) mass is 278 g/mol. The van der Waals surface area contributed by atoms with Crippen molar-refractivity contribution in [3.05, 3.63) is 42.0 Å². The Balaban J connectivity index is 1.85. The number of aromatic nitrogens is 2. The molecule has 0 atom stereocenters. The van der Waals surface area contributed by atoms with Gasteiger partial charge in [-0.1, -0.05) is 23.4 Å². The third-order valence-electron chi connectivity index (χ3n) is 2.22. The molecule has 0 fully saturated rings. The highest BCUT2D eigenvalue weighted by Gasteiger charge is 2.12. The summed E-state index contributed by atoms with van der Waals surface area (Å²) in [4.78, 5) is 16.5. The van der Waals surface area contributed by atoms with E-state index in [2.05, 4.69) is 10.1 Å². The minimum atomic E-state index is -0.353. The van der Waals surface area contributed by atoms with Gasteiger partial charge in [0, 0.05) is 4.90 Å². The number of benzene rings is 1. The topological polar surface area (TPSA) is 65.2 Å². The summed E-state index contributed by atoms with van der Waals surface area (Å²) in [5.74, 6) is 1.12. The zero-order chi connectivity index (χ0) is 13.5. The molecule has 0 unspecified atom stereocenters. The van der Waals surface area contributed by atoms with Crippen LogP contribution in [0.1, 0.15) is 18.6 Å². The molecule has 1 heterocycles. The Hall–Kier alpha value is -1.82. The fourth-order valence-corrected chi connectivity index (χ4v) is 2.18. The summed E-state index contributed by atoms with van der Waals surface area (Å²) in [6.07, 6.45) is 0.0246. The number of rotatable bonds is 6. The predicted octanol–water partition coefficient (Wildman–Crippen LogP) is 2.47. The Labute approximate surface area is 115 Å². The summed E-state index contributed by atoms with van der Waals surface area (Å²) in [6.45, 7) is 2.11. The fourth-order valence-electron chi connectivity index (χ4n) is 1.42. The molecule has 0 aliphatic heterocycles. The Kier molecular flexibility index (Phi) is 4.97. The zero-order valence-corrected chi connectivity index (χ0v) is 11.4. The second kappa shape index (κ2) is 6.94. The van der Waals surface area contributed by atoms with Crippen LogP contribution in [0.15, 0.2) is 39.8 Å². The van der Waals surface area contributed by atoms with Crippen molar-refractivity contribution in [2.24, 2.45) is 0 Å². The van der Waals surface area contributed by atoms with Gasteiger partial charge in [0.25, 0.3) is 0 Å². The first-order chi connectivity index (χ1) is 9.28. The molecule has 100 valence electrons. The first-order valence-electron chi connectivity index (χ1n) is 5.93. The second-order valence-corrected chi connectivity index (χ2v) is 4.74. The maximum atomic E-state index is 11.2. The zero-order valence-electron chi connectivity index (χ0n) is 10.5. The number of esters is 1. The molecule has 0 saturated carbocycles. The molecule has 0 saturated heterocycles. The molecular weight excluding hydrogens is 264 g/mol. The van der Waals surface area contributed by atoms with Crippen LogP contribution in [0.4, 0.5) is 0 Å². The summed E-state index contributed by atoms with van der Waals surface area (Å²) in [5, 5.41) is 3.83. The van der Waals surface area contributed by atoms with Crippen molar-refractivity contribution in [3.63, 3.8) is 0 Å². The number of carbonyl (C=O) groups is 1. The van der Waals surface area contributed by atoms with Crippen molar-refractivity contribution in [1.29, 1.82) is 0 Å². The van der Waals surface area contributed by atoms with Crippen LogP contribution in [-0.4, -0.2) is 22.7 Å². The van der Waals surface area contributed by atoms with Crippen molar-refractivity contribution in [3.8, 4) is 0 Å². The molecule has 19 heavy (non-hydrogen) atoms. The lowest BCUT2D eigenvalue weighted by Gasteiger charge is -1.97. The van der Waals surface area contributed by atoms with Crippen LogP contribution in [0.25, 0.3) is 0 Å². The van der Waals surface area contributed by atoms with E-state index in [0.717, 1.165) is 4.90 Å². The highest BCUT2D eigenvalue weighted by molar-refractivity contribution is 7.98. The van der Waals surface area contributed by atoms with Gasteiger partial charge in [-0.2, -0.15) is 4.98 Å². The van der Waals surface area contributed by atoms with E-state index in [9.17, 15) is 4.79 Å². The van der Waals surface area contributed by atoms with Gasteiger partial charge in [-0.3, -0.25) is 4.79 Å². The van der Waals surface area contributed by atoms with Crippen molar-refractivity contribution in [1.82, 2.24) is 10.1 Å². The van der Waals surface area contributed by atoms with Gasteiger partial charge in [0.1, 0.15) is 6.42 Å². The van der Waals surface area contributed by atoms with E-state index in [1.807, 2.05) is 30.3 Å². The van der Waals surface area contributed by atoms with Crippen LogP contribution in [-0.2, 0) is 21.7 Å². The lowest BCUT2D eigenvalue weighted by Crippen LogP contribution is -2.07. The molecule has 1 aromatic carbocycles. The number of nitrogens with zero attached hydrogens (tertiary/aromatic N) is 2. The number of ether oxygens (including phenoxy) is 1. The Bertz CT molecular complexity index is 528. The SMILES string of the molecule is CCOC(=O)Cc1nc(CSc2ccccc2)no1. The summed E-state index contributed by atoms with van der Waals surface area (Å²) >= 11 is 1.61. The number of hydrogen-bond acceptors (Lipinski definition) is 6. The number of thioether (sulfide) groups is 1. The molecule has 0 bridgehead atoms. The molecule has 2 aromatic rings. The molecule has 0 N–H and O–H groups in total. The summed E-state index contributed by atoms with van der Waals surface area (Å²) in [5.41, 5.74) is 0. The fraction of sp³-hybridized carbons (Fsp3) is 0.308. The molecule has 2 rings (SSSR count). The summed E-state index contributed by atoms with van der Waals surface area (Å²) in [6, 6.07) is 9.96. The maximum Gasteiger partial charge on any atom is 0.315 e. The van der Waals surface area contributed by atoms with E-state index in [-0.39, 0.29) is 12.4 Å². The lowest BCUT2D eigenvalue weighted by atomic mass is 10.4. The highest BCUT2D eigenvalue weighted by atomic mass is 32.2. The van der Waals surface area contributed by atoms with Crippen LogP contribution >= 0.6 is 11.8 Å². The van der Waals surface area contributed by atoms with E-state index in [1.165, 1.54) is 0 Å². The molecule has 0 aliphatic carbocycles. The number of carbonyl (C=O) groups excluding carboxylic acids is 1. The third-order valence-corrected chi connectivity index (χ3v) is 3.23. The van der Waals surface area contributed by atoms with Gasteiger partial charge in [0.05, 0.1) is 12.4 Å². The minimum absolute atomic E-state index is 0.0246. The minimum Gasteiger partial charge on any atom is -0.466 e. The lowest BCUT2D eigenvalue weighted by molar-refractivity contribution is -0.142. The van der Waals surface area contributed by atoms with Crippen molar-refractivity contribution in [2.75, 3.05) is 6.61 Å². The van der Waals surface area contributed by atoms with Gasteiger partial charge in [0.15, 0.2) is 5.82 Å². The van der Waals surface area contributed by atoms with Crippen LogP contribution in [0.2, 0.25) is 0 Å². The van der Waals surface area contributed by atoms with E-state index < -0.39 is 0 Å². The van der Waals surface area contributed by atoms with Gasteiger partial charge < -0.3 is 9.26 Å². The average molecular weight is 278 g/mol. The van der Waals surface area contributed by atoms with Gasteiger partial charge in [0.2, 0.25) is 5.89 Å². The molecule has 6 heteroatoms. The Morgan fingerprint density at radius 1 is 1.37 bits per heavy atom.